The van der Waals surface area contributed by atoms with E-state index in [2.05, 4.69) is 26.2 Å². The molecule has 134 valence electrons. The fourth-order valence-corrected chi connectivity index (χ4v) is 5.49. The molecule has 1 saturated heterocycles. The van der Waals surface area contributed by atoms with Crippen LogP contribution >= 0.6 is 27.3 Å². The Morgan fingerprint density at radius 3 is 2.60 bits per heavy atom. The Hall–Kier alpha value is -1.29. The Labute approximate surface area is 159 Å². The number of hydrogen-bond donors (Lipinski definition) is 1. The fraction of sp³-hybridized carbons (Fsp3) is 0.375. The number of halogens is 1. The van der Waals surface area contributed by atoms with E-state index in [0.29, 0.717) is 24.5 Å². The Morgan fingerprint density at radius 2 is 2.00 bits per heavy atom. The third-order valence-electron chi connectivity index (χ3n) is 4.19. The highest BCUT2D eigenvalue weighted by Gasteiger charge is 2.39. The standard InChI is InChI=1S/C16H18BrN3O3S2/c1-10-11(2)24-16(18-10)19-15(21)14-4-3-9-20(14)25(22,23)13-7-5-12(17)6-8-13/h5-8,14H,3-4,9H2,1-2H3,(H,18,19,21). The number of sulfonamides is 1. The first-order valence-electron chi connectivity index (χ1n) is 7.81. The van der Waals surface area contributed by atoms with Crippen molar-refractivity contribution in [2.75, 3.05) is 11.9 Å². The van der Waals surface area contributed by atoms with Gasteiger partial charge in [-0.1, -0.05) is 15.9 Å². The highest BCUT2D eigenvalue weighted by atomic mass is 79.9. The molecule has 0 saturated carbocycles. The fourth-order valence-electron chi connectivity index (χ4n) is 2.75. The van der Waals surface area contributed by atoms with Gasteiger partial charge in [-0.3, -0.25) is 4.79 Å². The molecule has 1 fully saturated rings. The van der Waals surface area contributed by atoms with Crippen LogP contribution in [0.15, 0.2) is 33.6 Å². The number of carbonyl (C=O) groups excluding carboxylic acids is 1. The lowest BCUT2D eigenvalue weighted by molar-refractivity contribution is -0.119. The number of aromatic nitrogens is 1. The van der Waals surface area contributed by atoms with Crippen molar-refractivity contribution in [2.24, 2.45) is 0 Å². The van der Waals surface area contributed by atoms with E-state index in [1.54, 1.807) is 24.3 Å². The number of rotatable bonds is 4. The Kier molecular flexibility index (Phi) is 5.29. The number of benzene rings is 1. The van der Waals surface area contributed by atoms with E-state index in [0.717, 1.165) is 15.0 Å². The van der Waals surface area contributed by atoms with Crippen molar-refractivity contribution < 1.29 is 13.2 Å². The number of nitrogens with zero attached hydrogens (tertiary/aromatic N) is 2. The summed E-state index contributed by atoms with van der Waals surface area (Å²) in [6, 6.07) is 5.73. The van der Waals surface area contributed by atoms with Crippen LogP contribution in [0, 0.1) is 13.8 Å². The monoisotopic (exact) mass is 443 g/mol. The van der Waals surface area contributed by atoms with E-state index < -0.39 is 16.1 Å². The maximum Gasteiger partial charge on any atom is 0.244 e. The molecule has 0 aliphatic carbocycles. The second-order valence-corrected chi connectivity index (χ2v) is 9.89. The molecule has 9 heteroatoms. The summed E-state index contributed by atoms with van der Waals surface area (Å²) in [5.41, 5.74) is 0.867. The van der Waals surface area contributed by atoms with Crippen molar-refractivity contribution in [3.8, 4) is 0 Å². The van der Waals surface area contributed by atoms with Crippen LogP contribution in [0.2, 0.25) is 0 Å². The predicted molar refractivity (Wildman–Crippen MR) is 101 cm³/mol. The second kappa shape index (κ2) is 7.14. The van der Waals surface area contributed by atoms with Gasteiger partial charge in [0.05, 0.1) is 10.6 Å². The van der Waals surface area contributed by atoms with Gasteiger partial charge in [0.25, 0.3) is 0 Å². The van der Waals surface area contributed by atoms with E-state index in [4.69, 9.17) is 0 Å². The van der Waals surface area contributed by atoms with E-state index >= 15 is 0 Å². The second-order valence-electron chi connectivity index (χ2n) is 5.88. The maximum absolute atomic E-state index is 12.9. The predicted octanol–water partition coefficient (Wildman–Crippen LogP) is 3.31. The van der Waals surface area contributed by atoms with Gasteiger partial charge in [-0.05, 0) is 51.0 Å². The molecule has 1 unspecified atom stereocenters. The minimum Gasteiger partial charge on any atom is -0.301 e. The third-order valence-corrected chi connectivity index (χ3v) is 7.62. The SMILES string of the molecule is Cc1nc(NC(=O)C2CCCN2S(=O)(=O)c2ccc(Br)cc2)sc1C. The molecule has 1 atom stereocenters. The summed E-state index contributed by atoms with van der Waals surface area (Å²) in [5, 5.41) is 3.27. The average Bonchev–Trinajstić information content (AvgIpc) is 3.15. The van der Waals surface area contributed by atoms with E-state index in [9.17, 15) is 13.2 Å². The quantitative estimate of drug-likeness (QED) is 0.785. The van der Waals surface area contributed by atoms with Crippen LogP contribution in [0.3, 0.4) is 0 Å². The lowest BCUT2D eigenvalue weighted by atomic mass is 10.2. The van der Waals surface area contributed by atoms with Gasteiger partial charge < -0.3 is 5.32 Å². The molecule has 1 aromatic carbocycles. The highest BCUT2D eigenvalue weighted by molar-refractivity contribution is 9.10. The summed E-state index contributed by atoms with van der Waals surface area (Å²) in [7, 11) is -3.71. The molecule has 0 bridgehead atoms. The minimum atomic E-state index is -3.71. The molecule has 25 heavy (non-hydrogen) atoms. The van der Waals surface area contributed by atoms with Crippen molar-refractivity contribution in [2.45, 2.75) is 37.6 Å². The maximum atomic E-state index is 12.9. The number of carbonyl (C=O) groups is 1. The Bertz CT molecular complexity index is 874. The van der Waals surface area contributed by atoms with Crippen LogP contribution in [-0.2, 0) is 14.8 Å². The van der Waals surface area contributed by atoms with Crippen LogP contribution in [0.5, 0.6) is 0 Å². The van der Waals surface area contributed by atoms with Crippen LogP contribution in [0.4, 0.5) is 5.13 Å². The lowest BCUT2D eigenvalue weighted by Gasteiger charge is -2.23. The number of nitrogens with one attached hydrogen (secondary N) is 1. The lowest BCUT2D eigenvalue weighted by Crippen LogP contribution is -2.43. The van der Waals surface area contributed by atoms with Gasteiger partial charge in [0, 0.05) is 15.9 Å². The first-order valence-corrected chi connectivity index (χ1v) is 10.9. The van der Waals surface area contributed by atoms with Crippen molar-refractivity contribution in [3.63, 3.8) is 0 Å². The number of anilines is 1. The van der Waals surface area contributed by atoms with Crippen LogP contribution < -0.4 is 5.32 Å². The van der Waals surface area contributed by atoms with Gasteiger partial charge >= 0.3 is 0 Å². The average molecular weight is 444 g/mol. The first kappa shape index (κ1) is 18.5. The molecule has 0 spiro atoms. The molecule has 1 N–H and O–H groups in total. The highest BCUT2D eigenvalue weighted by Crippen LogP contribution is 2.28. The van der Waals surface area contributed by atoms with Crippen molar-refractivity contribution >= 4 is 48.3 Å². The van der Waals surface area contributed by atoms with Crippen molar-refractivity contribution in [3.05, 3.63) is 39.3 Å². The van der Waals surface area contributed by atoms with E-state index in [1.807, 2.05) is 13.8 Å². The van der Waals surface area contributed by atoms with Crippen LogP contribution in [0.25, 0.3) is 0 Å². The molecule has 6 nitrogen and oxygen atoms in total. The molecule has 2 heterocycles. The van der Waals surface area contributed by atoms with Gasteiger partial charge in [0.15, 0.2) is 5.13 Å². The van der Waals surface area contributed by atoms with Crippen molar-refractivity contribution in [1.29, 1.82) is 0 Å². The Morgan fingerprint density at radius 1 is 1.32 bits per heavy atom. The van der Waals surface area contributed by atoms with Crippen LogP contribution in [0.1, 0.15) is 23.4 Å². The number of thiazole rings is 1. The third kappa shape index (κ3) is 3.79. The zero-order valence-corrected chi connectivity index (χ0v) is 17.0. The molecule has 0 radical (unpaired) electrons. The number of amides is 1. The number of aryl methyl sites for hydroxylation is 2. The van der Waals surface area contributed by atoms with Gasteiger partial charge in [0.1, 0.15) is 6.04 Å². The summed E-state index contributed by atoms with van der Waals surface area (Å²) >= 11 is 4.69. The smallest absolute Gasteiger partial charge is 0.244 e. The molecular formula is C16H18BrN3O3S2. The summed E-state index contributed by atoms with van der Waals surface area (Å²) in [4.78, 5) is 18.1. The summed E-state index contributed by atoms with van der Waals surface area (Å²) in [5.74, 6) is -0.327. The molecule has 1 aliphatic rings. The molecular weight excluding hydrogens is 426 g/mol. The van der Waals surface area contributed by atoms with E-state index in [-0.39, 0.29) is 10.8 Å². The number of hydrogen-bond acceptors (Lipinski definition) is 5. The zero-order chi connectivity index (χ0) is 18.2. The van der Waals surface area contributed by atoms with Gasteiger partial charge in [0.2, 0.25) is 15.9 Å². The molecule has 2 aromatic rings. The van der Waals surface area contributed by atoms with Gasteiger partial charge in [-0.2, -0.15) is 4.31 Å². The first-order chi connectivity index (χ1) is 11.8. The van der Waals surface area contributed by atoms with Crippen molar-refractivity contribution in [1.82, 2.24) is 9.29 Å². The summed E-state index contributed by atoms with van der Waals surface area (Å²) < 4.78 is 27.9. The topological polar surface area (TPSA) is 79.4 Å². The van der Waals surface area contributed by atoms with Gasteiger partial charge in [-0.25, -0.2) is 13.4 Å². The zero-order valence-electron chi connectivity index (χ0n) is 13.8. The van der Waals surface area contributed by atoms with Gasteiger partial charge in [-0.15, -0.1) is 11.3 Å². The summed E-state index contributed by atoms with van der Waals surface area (Å²) in [6.07, 6.45) is 1.16. The van der Waals surface area contributed by atoms with Crippen LogP contribution in [-0.4, -0.2) is 36.2 Å². The van der Waals surface area contributed by atoms with E-state index in [1.165, 1.54) is 15.6 Å². The molecule has 3 rings (SSSR count). The normalized spacial score (nSPS) is 18.4. The molecule has 1 aromatic heterocycles. The molecule has 1 aliphatic heterocycles. The molecule has 1 amide bonds. The minimum absolute atomic E-state index is 0.191. The largest absolute Gasteiger partial charge is 0.301 e. The summed E-state index contributed by atoms with van der Waals surface area (Å²) in [6.45, 7) is 4.15. The Balaban J connectivity index is 1.81.